The van der Waals surface area contributed by atoms with E-state index in [0.717, 1.165) is 38.8 Å². The number of nitrogens with zero attached hydrogens (tertiary/aromatic N) is 5. The average Bonchev–Trinajstić information content (AvgIpc) is 3.21. The Morgan fingerprint density at radius 3 is 2.77 bits per heavy atom. The molecule has 0 unspecified atom stereocenters. The second-order valence-corrected chi connectivity index (χ2v) is 7.03. The van der Waals surface area contributed by atoms with Gasteiger partial charge in [-0.3, -0.25) is 10.1 Å². The van der Waals surface area contributed by atoms with Crippen LogP contribution in [0, 0.1) is 10.1 Å². The van der Waals surface area contributed by atoms with Crippen LogP contribution in [-0.4, -0.2) is 26.5 Å². The Morgan fingerprint density at radius 2 is 2.00 bits per heavy atom. The number of thiazole rings is 1. The molecule has 26 heavy (non-hydrogen) atoms. The summed E-state index contributed by atoms with van der Waals surface area (Å²) in [6.45, 7) is 3.56. The molecule has 2 heterocycles. The molecule has 0 radical (unpaired) electrons. The molecule has 0 saturated carbocycles. The molecule has 0 atom stereocenters. The predicted molar refractivity (Wildman–Crippen MR) is 104 cm³/mol. The molecular formula is C18H17N5O2S. The van der Waals surface area contributed by atoms with Gasteiger partial charge < -0.3 is 9.47 Å². The molecule has 0 bridgehead atoms. The van der Waals surface area contributed by atoms with Crippen LogP contribution in [0.25, 0.3) is 21.3 Å². The number of imidazole rings is 1. The number of non-ortho nitro benzene ring substituents is 1. The van der Waals surface area contributed by atoms with Gasteiger partial charge in [0.1, 0.15) is 5.82 Å². The Hall–Kier alpha value is -3.00. The van der Waals surface area contributed by atoms with Gasteiger partial charge in [-0.25, -0.2) is 9.97 Å². The highest BCUT2D eigenvalue weighted by Gasteiger charge is 2.16. The maximum absolute atomic E-state index is 11.0. The fraction of sp³-hybridized carbons (Fsp3) is 0.222. The number of hydrogen-bond acceptors (Lipinski definition) is 6. The second-order valence-electron chi connectivity index (χ2n) is 6.02. The smallest absolute Gasteiger partial charge is 0.270 e. The molecule has 2 aromatic carbocycles. The van der Waals surface area contributed by atoms with Gasteiger partial charge in [0, 0.05) is 25.7 Å². The maximum atomic E-state index is 11.0. The summed E-state index contributed by atoms with van der Waals surface area (Å²) in [6.07, 6.45) is 0. The van der Waals surface area contributed by atoms with Crippen molar-refractivity contribution in [1.82, 2.24) is 14.5 Å². The van der Waals surface area contributed by atoms with E-state index in [1.165, 1.54) is 17.4 Å². The number of fused-ring (bicyclic) bond motifs is 2. The molecule has 0 spiro atoms. The molecule has 4 rings (SSSR count). The van der Waals surface area contributed by atoms with E-state index < -0.39 is 0 Å². The van der Waals surface area contributed by atoms with Crippen molar-refractivity contribution < 1.29 is 4.92 Å². The Balaban J connectivity index is 1.67. The van der Waals surface area contributed by atoms with Gasteiger partial charge in [-0.1, -0.05) is 23.5 Å². The van der Waals surface area contributed by atoms with Crippen molar-refractivity contribution in [3.63, 3.8) is 0 Å². The maximum Gasteiger partial charge on any atom is 0.270 e. The highest BCUT2D eigenvalue weighted by molar-refractivity contribution is 7.22. The SMILES string of the molecule is CCn1c(CN(C)c2nc3ccc([N+](=O)[O-])cc3s2)nc2ccccc21. The molecule has 7 nitrogen and oxygen atoms in total. The van der Waals surface area contributed by atoms with Crippen LogP contribution in [0.4, 0.5) is 10.8 Å². The lowest BCUT2D eigenvalue weighted by atomic mass is 10.3. The van der Waals surface area contributed by atoms with E-state index in [2.05, 4.69) is 22.5 Å². The molecule has 0 aliphatic rings. The van der Waals surface area contributed by atoms with Gasteiger partial charge >= 0.3 is 0 Å². The third-order valence-electron chi connectivity index (χ3n) is 4.33. The number of para-hydroxylation sites is 2. The molecule has 4 aromatic rings. The summed E-state index contributed by atoms with van der Waals surface area (Å²) in [7, 11) is 1.96. The molecule has 132 valence electrons. The van der Waals surface area contributed by atoms with Crippen LogP contribution in [0.1, 0.15) is 12.7 Å². The summed E-state index contributed by atoms with van der Waals surface area (Å²) in [5, 5.41) is 11.8. The Labute approximate surface area is 153 Å². The topological polar surface area (TPSA) is 77.1 Å². The monoisotopic (exact) mass is 367 g/mol. The Kier molecular flexibility index (Phi) is 4.04. The summed E-state index contributed by atoms with van der Waals surface area (Å²) in [4.78, 5) is 22.0. The van der Waals surface area contributed by atoms with Crippen LogP contribution in [-0.2, 0) is 13.1 Å². The molecule has 0 aliphatic carbocycles. The summed E-state index contributed by atoms with van der Waals surface area (Å²) in [5.74, 6) is 0.974. The van der Waals surface area contributed by atoms with Crippen molar-refractivity contribution in [3.05, 3.63) is 58.4 Å². The lowest BCUT2D eigenvalue weighted by Crippen LogP contribution is -2.19. The van der Waals surface area contributed by atoms with Gasteiger partial charge in [-0.15, -0.1) is 0 Å². The summed E-state index contributed by atoms with van der Waals surface area (Å²) in [5.41, 5.74) is 2.96. The van der Waals surface area contributed by atoms with Crippen molar-refractivity contribution in [1.29, 1.82) is 0 Å². The Morgan fingerprint density at radius 1 is 1.19 bits per heavy atom. The molecule has 2 aromatic heterocycles. The number of anilines is 1. The van der Waals surface area contributed by atoms with Crippen LogP contribution in [0.15, 0.2) is 42.5 Å². The van der Waals surface area contributed by atoms with Crippen LogP contribution in [0.2, 0.25) is 0 Å². The number of aromatic nitrogens is 3. The minimum Gasteiger partial charge on any atom is -0.344 e. The van der Waals surface area contributed by atoms with Crippen molar-refractivity contribution in [3.8, 4) is 0 Å². The number of aryl methyl sites for hydroxylation is 1. The van der Waals surface area contributed by atoms with Crippen molar-refractivity contribution in [2.45, 2.75) is 20.0 Å². The molecule has 0 saturated heterocycles. The molecule has 0 amide bonds. The van der Waals surface area contributed by atoms with E-state index >= 15 is 0 Å². The zero-order valence-electron chi connectivity index (χ0n) is 14.4. The first-order valence-corrected chi connectivity index (χ1v) is 9.08. The lowest BCUT2D eigenvalue weighted by molar-refractivity contribution is -0.384. The number of hydrogen-bond donors (Lipinski definition) is 0. The fourth-order valence-corrected chi connectivity index (χ4v) is 4.02. The number of nitro groups is 1. The van der Waals surface area contributed by atoms with E-state index in [9.17, 15) is 10.1 Å². The summed E-state index contributed by atoms with van der Waals surface area (Å²) in [6, 6.07) is 12.9. The highest BCUT2D eigenvalue weighted by Crippen LogP contribution is 2.31. The van der Waals surface area contributed by atoms with Crippen LogP contribution in [0.3, 0.4) is 0 Å². The third-order valence-corrected chi connectivity index (χ3v) is 5.46. The van der Waals surface area contributed by atoms with Gasteiger partial charge in [0.05, 0.1) is 32.7 Å². The number of rotatable bonds is 5. The zero-order chi connectivity index (χ0) is 18.3. The van der Waals surface area contributed by atoms with E-state index in [-0.39, 0.29) is 10.6 Å². The van der Waals surface area contributed by atoms with E-state index in [4.69, 9.17) is 4.98 Å². The van der Waals surface area contributed by atoms with Crippen LogP contribution in [0.5, 0.6) is 0 Å². The quantitative estimate of drug-likeness (QED) is 0.390. The van der Waals surface area contributed by atoms with Crippen LogP contribution >= 0.6 is 11.3 Å². The first-order valence-electron chi connectivity index (χ1n) is 8.27. The minimum atomic E-state index is -0.383. The van der Waals surface area contributed by atoms with E-state index in [0.29, 0.717) is 6.54 Å². The lowest BCUT2D eigenvalue weighted by Gasteiger charge is -2.16. The summed E-state index contributed by atoms with van der Waals surface area (Å²) < 4.78 is 3.01. The van der Waals surface area contributed by atoms with Gasteiger partial charge in [-0.05, 0) is 25.1 Å². The van der Waals surface area contributed by atoms with Gasteiger partial charge in [0.2, 0.25) is 0 Å². The molecule has 0 N–H and O–H groups in total. The molecule has 8 heteroatoms. The number of benzene rings is 2. The van der Waals surface area contributed by atoms with Crippen molar-refractivity contribution in [2.75, 3.05) is 11.9 Å². The summed E-state index contributed by atoms with van der Waals surface area (Å²) >= 11 is 1.45. The number of nitro benzene ring substituents is 1. The van der Waals surface area contributed by atoms with Crippen LogP contribution < -0.4 is 4.90 Å². The Bertz CT molecular complexity index is 1120. The van der Waals surface area contributed by atoms with Crippen molar-refractivity contribution in [2.24, 2.45) is 0 Å². The fourth-order valence-electron chi connectivity index (χ4n) is 3.06. The van der Waals surface area contributed by atoms with Gasteiger partial charge in [0.15, 0.2) is 5.13 Å². The predicted octanol–water partition coefficient (Wildman–Crippen LogP) is 4.21. The van der Waals surface area contributed by atoms with Gasteiger partial charge in [0.25, 0.3) is 5.69 Å². The first kappa shape index (κ1) is 16.5. The standard InChI is InChI=1S/C18H17N5O2S/c1-3-22-15-7-5-4-6-13(15)19-17(22)11-21(2)18-20-14-9-8-12(23(24)25)10-16(14)26-18/h4-10H,3,11H2,1-2H3. The molecule has 0 aliphatic heterocycles. The van der Waals surface area contributed by atoms with Gasteiger partial charge in [-0.2, -0.15) is 0 Å². The first-order chi connectivity index (χ1) is 12.6. The van der Waals surface area contributed by atoms with Crippen molar-refractivity contribution >= 4 is 43.4 Å². The minimum absolute atomic E-state index is 0.0862. The van der Waals surface area contributed by atoms with E-state index in [1.807, 2.05) is 30.1 Å². The van der Waals surface area contributed by atoms with E-state index in [1.54, 1.807) is 12.1 Å². The highest BCUT2D eigenvalue weighted by atomic mass is 32.1. The molecule has 0 fully saturated rings. The largest absolute Gasteiger partial charge is 0.344 e. The zero-order valence-corrected chi connectivity index (χ0v) is 15.2. The second kappa shape index (κ2) is 6.38. The molecular weight excluding hydrogens is 350 g/mol. The third kappa shape index (κ3) is 2.78. The average molecular weight is 367 g/mol. The normalized spacial score (nSPS) is 11.3.